The molecule has 0 saturated heterocycles. The lowest BCUT2D eigenvalue weighted by Crippen LogP contribution is -2.07. The average Bonchev–Trinajstić information content (AvgIpc) is 2.48. The van der Waals surface area contributed by atoms with Gasteiger partial charge in [-0.3, -0.25) is 0 Å². The van der Waals surface area contributed by atoms with E-state index in [-0.39, 0.29) is 12.6 Å². The van der Waals surface area contributed by atoms with Gasteiger partial charge in [0.15, 0.2) is 6.61 Å². The predicted molar refractivity (Wildman–Crippen MR) is 83.7 cm³/mol. The zero-order chi connectivity index (χ0) is 14.4. The first kappa shape index (κ1) is 14.4. The number of nitrogens with zero attached hydrogens (tertiary/aromatic N) is 1. The molecule has 2 aromatic carbocycles. The summed E-state index contributed by atoms with van der Waals surface area (Å²) in [7, 11) is 0. The van der Waals surface area contributed by atoms with Crippen LogP contribution < -0.4 is 10.1 Å². The van der Waals surface area contributed by atoms with Crippen molar-refractivity contribution in [3.63, 3.8) is 0 Å². The van der Waals surface area contributed by atoms with E-state index in [4.69, 9.17) is 10.00 Å². The Kier molecular flexibility index (Phi) is 5.03. The molecule has 0 aliphatic carbocycles. The summed E-state index contributed by atoms with van der Waals surface area (Å²) in [6.07, 6.45) is 0. The van der Waals surface area contributed by atoms with Crippen LogP contribution in [0.25, 0.3) is 0 Å². The number of nitrogens with one attached hydrogen (secondary N) is 1. The van der Waals surface area contributed by atoms with Crippen molar-refractivity contribution < 1.29 is 4.74 Å². The predicted octanol–water partition coefficient (Wildman–Crippen LogP) is 4.52. The molecule has 0 aliphatic heterocycles. The molecule has 4 heteroatoms. The highest BCUT2D eigenvalue weighted by Crippen LogP contribution is 2.26. The standard InChI is InChI=1S/C16H15BrN2O/c1-12(19-16-5-3-2-4-15(16)17)13-6-8-14(9-7-13)20-11-10-18/h2-9,12,19H,11H2,1H3. The second kappa shape index (κ2) is 6.97. The van der Waals surface area contributed by atoms with E-state index < -0.39 is 0 Å². The van der Waals surface area contributed by atoms with Gasteiger partial charge in [0.05, 0.1) is 0 Å². The number of hydrogen-bond donors (Lipinski definition) is 1. The topological polar surface area (TPSA) is 45.0 Å². The van der Waals surface area contributed by atoms with E-state index in [0.717, 1.165) is 15.7 Å². The molecule has 0 aliphatic rings. The smallest absolute Gasteiger partial charge is 0.174 e. The lowest BCUT2D eigenvalue weighted by Gasteiger charge is -2.17. The minimum atomic E-state index is 0.0735. The van der Waals surface area contributed by atoms with Crippen LogP contribution in [0.4, 0.5) is 5.69 Å². The van der Waals surface area contributed by atoms with E-state index in [0.29, 0.717) is 5.75 Å². The molecule has 0 radical (unpaired) electrons. The molecule has 0 amide bonds. The number of ether oxygens (including phenoxy) is 1. The van der Waals surface area contributed by atoms with Crippen molar-refractivity contribution in [3.05, 3.63) is 58.6 Å². The normalized spacial score (nSPS) is 11.4. The molecular weight excluding hydrogens is 316 g/mol. The van der Waals surface area contributed by atoms with Crippen molar-refractivity contribution in [1.29, 1.82) is 5.26 Å². The van der Waals surface area contributed by atoms with Crippen molar-refractivity contribution in [2.75, 3.05) is 11.9 Å². The molecule has 0 aromatic heterocycles. The molecule has 1 unspecified atom stereocenters. The molecule has 0 saturated carbocycles. The van der Waals surface area contributed by atoms with Gasteiger partial charge in [0.25, 0.3) is 0 Å². The van der Waals surface area contributed by atoms with E-state index >= 15 is 0 Å². The lowest BCUT2D eigenvalue weighted by atomic mass is 10.1. The quantitative estimate of drug-likeness (QED) is 0.876. The van der Waals surface area contributed by atoms with Gasteiger partial charge in [0.1, 0.15) is 11.8 Å². The molecule has 0 bridgehead atoms. The number of anilines is 1. The number of benzene rings is 2. The molecule has 1 N–H and O–H groups in total. The lowest BCUT2D eigenvalue weighted by molar-refractivity contribution is 0.368. The Hall–Kier alpha value is -1.99. The third kappa shape index (κ3) is 3.75. The maximum Gasteiger partial charge on any atom is 0.174 e. The van der Waals surface area contributed by atoms with Crippen LogP contribution in [0.5, 0.6) is 5.75 Å². The molecule has 102 valence electrons. The Morgan fingerprint density at radius 1 is 1.20 bits per heavy atom. The first-order chi connectivity index (χ1) is 9.70. The van der Waals surface area contributed by atoms with Gasteiger partial charge in [-0.05, 0) is 52.7 Å². The first-order valence-electron chi connectivity index (χ1n) is 6.31. The van der Waals surface area contributed by atoms with Gasteiger partial charge in [0, 0.05) is 16.2 Å². The SMILES string of the molecule is CC(Nc1ccccc1Br)c1ccc(OCC#N)cc1. The number of nitriles is 1. The molecule has 0 spiro atoms. The van der Waals surface area contributed by atoms with E-state index in [9.17, 15) is 0 Å². The highest BCUT2D eigenvalue weighted by molar-refractivity contribution is 9.10. The molecule has 20 heavy (non-hydrogen) atoms. The number of halogens is 1. The van der Waals surface area contributed by atoms with Crippen LogP contribution in [0.2, 0.25) is 0 Å². The molecular formula is C16H15BrN2O. The molecule has 0 heterocycles. The van der Waals surface area contributed by atoms with Crippen LogP contribution in [0, 0.1) is 11.3 Å². The summed E-state index contributed by atoms with van der Waals surface area (Å²) < 4.78 is 6.28. The monoisotopic (exact) mass is 330 g/mol. The fourth-order valence-electron chi connectivity index (χ4n) is 1.86. The van der Waals surface area contributed by atoms with Crippen molar-refractivity contribution in [2.24, 2.45) is 0 Å². The van der Waals surface area contributed by atoms with Crippen LogP contribution in [-0.4, -0.2) is 6.61 Å². The minimum absolute atomic E-state index is 0.0735. The van der Waals surface area contributed by atoms with Gasteiger partial charge in [-0.15, -0.1) is 0 Å². The molecule has 2 aromatic rings. The van der Waals surface area contributed by atoms with Gasteiger partial charge >= 0.3 is 0 Å². The van der Waals surface area contributed by atoms with Gasteiger partial charge in [0.2, 0.25) is 0 Å². The molecule has 2 rings (SSSR count). The molecule has 1 atom stereocenters. The third-order valence-electron chi connectivity index (χ3n) is 2.93. The van der Waals surface area contributed by atoms with Crippen molar-refractivity contribution >= 4 is 21.6 Å². The number of para-hydroxylation sites is 1. The summed E-state index contributed by atoms with van der Waals surface area (Å²) in [5.74, 6) is 0.711. The Bertz CT molecular complexity index is 605. The van der Waals surface area contributed by atoms with Crippen LogP contribution in [0.15, 0.2) is 53.0 Å². The van der Waals surface area contributed by atoms with E-state index in [2.05, 4.69) is 28.2 Å². The average molecular weight is 331 g/mol. The summed E-state index contributed by atoms with van der Waals surface area (Å²) in [5.41, 5.74) is 2.22. The van der Waals surface area contributed by atoms with E-state index in [1.807, 2.05) is 54.6 Å². The summed E-state index contributed by atoms with van der Waals surface area (Å²) in [4.78, 5) is 0. The third-order valence-corrected chi connectivity index (χ3v) is 3.62. The summed E-state index contributed by atoms with van der Waals surface area (Å²) >= 11 is 3.52. The van der Waals surface area contributed by atoms with Gasteiger partial charge in [-0.2, -0.15) is 5.26 Å². The van der Waals surface area contributed by atoms with Crippen LogP contribution in [0.1, 0.15) is 18.5 Å². The van der Waals surface area contributed by atoms with E-state index in [1.54, 1.807) is 0 Å². The summed E-state index contributed by atoms with van der Waals surface area (Å²) in [6.45, 7) is 2.18. The van der Waals surface area contributed by atoms with Crippen LogP contribution in [0.3, 0.4) is 0 Å². The zero-order valence-electron chi connectivity index (χ0n) is 11.1. The first-order valence-corrected chi connectivity index (χ1v) is 7.11. The van der Waals surface area contributed by atoms with Crippen molar-refractivity contribution in [3.8, 4) is 11.8 Å². The Balaban J connectivity index is 2.04. The second-order valence-corrected chi connectivity index (χ2v) is 5.22. The number of rotatable bonds is 5. The van der Waals surface area contributed by atoms with Crippen molar-refractivity contribution in [2.45, 2.75) is 13.0 Å². The minimum Gasteiger partial charge on any atom is -0.479 e. The Morgan fingerprint density at radius 3 is 2.55 bits per heavy atom. The summed E-state index contributed by atoms with van der Waals surface area (Å²) in [5, 5.41) is 11.9. The van der Waals surface area contributed by atoms with Gasteiger partial charge in [-0.1, -0.05) is 24.3 Å². The van der Waals surface area contributed by atoms with Crippen molar-refractivity contribution in [1.82, 2.24) is 0 Å². The maximum absolute atomic E-state index is 8.47. The molecule has 0 fully saturated rings. The fourth-order valence-corrected chi connectivity index (χ4v) is 2.26. The van der Waals surface area contributed by atoms with E-state index in [1.165, 1.54) is 0 Å². The van der Waals surface area contributed by atoms with Gasteiger partial charge in [-0.25, -0.2) is 0 Å². The highest BCUT2D eigenvalue weighted by atomic mass is 79.9. The fraction of sp³-hybridized carbons (Fsp3) is 0.188. The maximum atomic E-state index is 8.47. The zero-order valence-corrected chi connectivity index (χ0v) is 12.7. The van der Waals surface area contributed by atoms with Crippen LogP contribution in [-0.2, 0) is 0 Å². The van der Waals surface area contributed by atoms with Crippen LogP contribution >= 0.6 is 15.9 Å². The largest absolute Gasteiger partial charge is 0.479 e. The van der Waals surface area contributed by atoms with Gasteiger partial charge < -0.3 is 10.1 Å². The highest BCUT2D eigenvalue weighted by Gasteiger charge is 2.07. The number of hydrogen-bond acceptors (Lipinski definition) is 3. The molecule has 3 nitrogen and oxygen atoms in total. The Labute approximate surface area is 127 Å². The summed E-state index contributed by atoms with van der Waals surface area (Å²) in [6, 6.07) is 17.9. The second-order valence-electron chi connectivity index (χ2n) is 4.36. The Morgan fingerprint density at radius 2 is 1.90 bits per heavy atom.